The number of hydrogen-bond acceptors (Lipinski definition) is 2. The zero-order chi connectivity index (χ0) is 13.3. The highest BCUT2D eigenvalue weighted by molar-refractivity contribution is 5.84. The minimum absolute atomic E-state index is 0.0746. The second-order valence-corrected chi connectivity index (χ2v) is 5.08. The maximum Gasteiger partial charge on any atom is 0.391 e. The number of carbonyl (C=O) groups is 1. The van der Waals surface area contributed by atoms with Crippen molar-refractivity contribution in [2.75, 3.05) is 0 Å². The highest BCUT2D eigenvalue weighted by Gasteiger charge is 2.50. The van der Waals surface area contributed by atoms with E-state index in [1.54, 1.807) is 13.8 Å². The normalized spacial score (nSPS) is 30.6. The van der Waals surface area contributed by atoms with Gasteiger partial charge in [0.15, 0.2) is 0 Å². The molecule has 0 saturated heterocycles. The van der Waals surface area contributed by atoms with E-state index in [9.17, 15) is 18.0 Å². The second kappa shape index (κ2) is 4.84. The SMILES string of the molecule is CC(C)NC1(C(N)=O)CCCC(C(F)(F)F)C1. The van der Waals surface area contributed by atoms with E-state index in [0.29, 0.717) is 12.8 Å². The number of hydrogen-bond donors (Lipinski definition) is 2. The maximum absolute atomic E-state index is 12.7. The highest BCUT2D eigenvalue weighted by Crippen LogP contribution is 2.41. The fraction of sp³-hybridized carbons (Fsp3) is 0.909. The monoisotopic (exact) mass is 252 g/mol. The van der Waals surface area contributed by atoms with Crippen molar-refractivity contribution in [3.05, 3.63) is 0 Å². The minimum atomic E-state index is -4.25. The molecule has 2 unspecified atom stereocenters. The molecule has 0 radical (unpaired) electrons. The Hall–Kier alpha value is -0.780. The van der Waals surface area contributed by atoms with Gasteiger partial charge in [-0.2, -0.15) is 13.2 Å². The zero-order valence-electron chi connectivity index (χ0n) is 10.1. The number of amides is 1. The topological polar surface area (TPSA) is 55.1 Å². The van der Waals surface area contributed by atoms with Crippen LogP contribution in [0.15, 0.2) is 0 Å². The molecule has 1 aliphatic carbocycles. The van der Waals surface area contributed by atoms with Gasteiger partial charge in [-0.15, -0.1) is 0 Å². The van der Waals surface area contributed by atoms with Crippen LogP contribution in [0, 0.1) is 5.92 Å². The molecule has 2 atom stereocenters. The lowest BCUT2D eigenvalue weighted by Crippen LogP contribution is -2.60. The molecule has 1 rings (SSSR count). The summed E-state index contributed by atoms with van der Waals surface area (Å²) in [6, 6.07) is -0.0746. The summed E-state index contributed by atoms with van der Waals surface area (Å²) in [5.74, 6) is -2.12. The Kier molecular flexibility index (Phi) is 4.06. The Morgan fingerprint density at radius 3 is 2.47 bits per heavy atom. The number of alkyl halides is 3. The predicted molar refractivity (Wildman–Crippen MR) is 58.2 cm³/mol. The molecule has 0 aromatic rings. The van der Waals surface area contributed by atoms with Crippen LogP contribution in [-0.2, 0) is 4.79 Å². The molecule has 3 nitrogen and oxygen atoms in total. The average molecular weight is 252 g/mol. The molecule has 17 heavy (non-hydrogen) atoms. The molecular formula is C11H19F3N2O. The molecule has 100 valence electrons. The number of carbonyl (C=O) groups excluding carboxylic acids is 1. The van der Waals surface area contributed by atoms with Gasteiger partial charge in [0.2, 0.25) is 5.91 Å². The first kappa shape index (κ1) is 14.3. The van der Waals surface area contributed by atoms with E-state index in [1.807, 2.05) is 0 Å². The van der Waals surface area contributed by atoms with Crippen LogP contribution in [0.4, 0.5) is 13.2 Å². The van der Waals surface area contributed by atoms with Crippen molar-refractivity contribution in [2.24, 2.45) is 11.7 Å². The third-order valence-electron chi connectivity index (χ3n) is 3.25. The molecule has 0 aliphatic heterocycles. The van der Waals surface area contributed by atoms with Gasteiger partial charge >= 0.3 is 6.18 Å². The predicted octanol–water partition coefficient (Wildman–Crippen LogP) is 1.96. The summed E-state index contributed by atoms with van der Waals surface area (Å²) in [6.45, 7) is 3.59. The van der Waals surface area contributed by atoms with Gasteiger partial charge in [0.05, 0.1) is 11.5 Å². The molecule has 1 saturated carbocycles. The zero-order valence-corrected chi connectivity index (χ0v) is 10.1. The van der Waals surface area contributed by atoms with Crippen LogP contribution in [0.3, 0.4) is 0 Å². The van der Waals surface area contributed by atoms with E-state index in [4.69, 9.17) is 5.73 Å². The second-order valence-electron chi connectivity index (χ2n) is 5.08. The van der Waals surface area contributed by atoms with E-state index in [1.165, 1.54) is 0 Å². The standard InChI is InChI=1S/C11H19F3N2O/c1-7(2)16-10(9(15)17)5-3-4-8(6-10)11(12,13)14/h7-8,16H,3-6H2,1-2H3,(H2,15,17). The number of halogens is 3. The van der Waals surface area contributed by atoms with Crippen molar-refractivity contribution in [1.29, 1.82) is 0 Å². The van der Waals surface area contributed by atoms with Crippen molar-refractivity contribution < 1.29 is 18.0 Å². The molecule has 0 heterocycles. The fourth-order valence-corrected chi connectivity index (χ4v) is 2.53. The van der Waals surface area contributed by atoms with Crippen LogP contribution in [-0.4, -0.2) is 23.7 Å². The van der Waals surface area contributed by atoms with Gasteiger partial charge in [0.25, 0.3) is 0 Å². The maximum atomic E-state index is 12.7. The molecule has 0 aromatic heterocycles. The van der Waals surface area contributed by atoms with Gasteiger partial charge in [-0.3, -0.25) is 4.79 Å². The van der Waals surface area contributed by atoms with E-state index >= 15 is 0 Å². The third kappa shape index (κ3) is 3.34. The number of primary amides is 1. The first-order valence-corrected chi connectivity index (χ1v) is 5.82. The van der Waals surface area contributed by atoms with Crippen molar-refractivity contribution in [2.45, 2.75) is 57.3 Å². The Morgan fingerprint density at radius 1 is 1.47 bits per heavy atom. The van der Waals surface area contributed by atoms with Crippen molar-refractivity contribution in [3.63, 3.8) is 0 Å². The lowest BCUT2D eigenvalue weighted by Gasteiger charge is -2.41. The number of nitrogens with two attached hydrogens (primary N) is 1. The Balaban J connectivity index is 2.88. The summed E-state index contributed by atoms with van der Waals surface area (Å²) in [7, 11) is 0. The lowest BCUT2D eigenvalue weighted by atomic mass is 9.74. The molecule has 0 bridgehead atoms. The number of nitrogens with one attached hydrogen (secondary N) is 1. The van der Waals surface area contributed by atoms with Gasteiger partial charge in [-0.25, -0.2) is 0 Å². The molecular weight excluding hydrogens is 233 g/mol. The highest BCUT2D eigenvalue weighted by atomic mass is 19.4. The Bertz CT molecular complexity index is 291. The van der Waals surface area contributed by atoms with Crippen molar-refractivity contribution >= 4 is 5.91 Å². The van der Waals surface area contributed by atoms with E-state index in [0.717, 1.165) is 0 Å². The first-order chi connectivity index (χ1) is 7.67. The summed E-state index contributed by atoms with van der Waals surface area (Å²) in [5.41, 5.74) is 4.09. The van der Waals surface area contributed by atoms with Gasteiger partial charge in [0.1, 0.15) is 0 Å². The van der Waals surface area contributed by atoms with Crippen LogP contribution in [0.1, 0.15) is 39.5 Å². The van der Waals surface area contributed by atoms with Crippen LogP contribution < -0.4 is 11.1 Å². The van der Waals surface area contributed by atoms with Gasteiger partial charge < -0.3 is 11.1 Å². The molecule has 3 N–H and O–H groups in total. The molecule has 1 fully saturated rings. The van der Waals surface area contributed by atoms with Gasteiger partial charge in [-0.05, 0) is 33.1 Å². The van der Waals surface area contributed by atoms with Crippen LogP contribution in [0.5, 0.6) is 0 Å². The number of rotatable bonds is 3. The summed E-state index contributed by atoms with van der Waals surface area (Å²) < 4.78 is 38.1. The smallest absolute Gasteiger partial charge is 0.368 e. The summed E-state index contributed by atoms with van der Waals surface area (Å²) in [4.78, 5) is 11.5. The largest absolute Gasteiger partial charge is 0.391 e. The quantitative estimate of drug-likeness (QED) is 0.806. The van der Waals surface area contributed by atoms with E-state index < -0.39 is 23.5 Å². The summed E-state index contributed by atoms with van der Waals surface area (Å²) in [6.07, 6.45) is -3.66. The molecule has 0 aromatic carbocycles. The Morgan fingerprint density at radius 2 is 2.06 bits per heavy atom. The van der Waals surface area contributed by atoms with Crippen LogP contribution in [0.25, 0.3) is 0 Å². The first-order valence-electron chi connectivity index (χ1n) is 5.82. The third-order valence-corrected chi connectivity index (χ3v) is 3.25. The van der Waals surface area contributed by atoms with E-state index in [2.05, 4.69) is 5.32 Å². The van der Waals surface area contributed by atoms with Gasteiger partial charge in [-0.1, -0.05) is 6.42 Å². The van der Waals surface area contributed by atoms with Crippen molar-refractivity contribution in [3.8, 4) is 0 Å². The Labute approximate surface area is 98.9 Å². The summed E-state index contributed by atoms with van der Waals surface area (Å²) >= 11 is 0. The lowest BCUT2D eigenvalue weighted by molar-refractivity contribution is -0.189. The molecule has 0 spiro atoms. The van der Waals surface area contributed by atoms with E-state index in [-0.39, 0.29) is 18.9 Å². The van der Waals surface area contributed by atoms with Crippen molar-refractivity contribution in [1.82, 2.24) is 5.32 Å². The summed E-state index contributed by atoms with van der Waals surface area (Å²) in [5, 5.41) is 2.92. The minimum Gasteiger partial charge on any atom is -0.368 e. The average Bonchev–Trinajstić information content (AvgIpc) is 2.15. The van der Waals surface area contributed by atoms with Crippen LogP contribution in [0.2, 0.25) is 0 Å². The van der Waals surface area contributed by atoms with Gasteiger partial charge in [0, 0.05) is 6.04 Å². The fourth-order valence-electron chi connectivity index (χ4n) is 2.53. The molecule has 1 aliphatic rings. The van der Waals surface area contributed by atoms with Crippen LogP contribution >= 0.6 is 0 Å². The molecule has 6 heteroatoms. The molecule has 1 amide bonds.